The van der Waals surface area contributed by atoms with Crippen LogP contribution in [0.1, 0.15) is 20.8 Å². The lowest BCUT2D eigenvalue weighted by Gasteiger charge is -2.05. The monoisotopic (exact) mass is 359 g/mol. The van der Waals surface area contributed by atoms with Crippen LogP contribution < -0.4 is 14.8 Å². The van der Waals surface area contributed by atoms with Crippen LogP contribution in [0.3, 0.4) is 0 Å². The van der Waals surface area contributed by atoms with Crippen LogP contribution >= 0.6 is 22.9 Å². The molecule has 24 heavy (non-hydrogen) atoms. The number of hydrogen-bond acceptors (Lipinski definition) is 4. The maximum Gasteiger partial charge on any atom is 0.263 e. The molecule has 6 heteroatoms. The van der Waals surface area contributed by atoms with Gasteiger partial charge in [0, 0.05) is 16.6 Å². The summed E-state index contributed by atoms with van der Waals surface area (Å²) in [7, 11) is 0. The van der Waals surface area contributed by atoms with E-state index in [9.17, 15) is 4.79 Å². The molecular formula is C18H14ClNO3S. The Balaban J connectivity index is 1.53. The molecule has 3 aromatic rings. The van der Waals surface area contributed by atoms with E-state index in [1.807, 2.05) is 43.3 Å². The number of halogens is 1. The van der Waals surface area contributed by atoms with Gasteiger partial charge in [0.05, 0.1) is 5.02 Å². The SMILES string of the molecule is Cc1ccc2c(Cl)c(C(=O)NCc3ccc4c(c3)OCO4)sc2c1. The van der Waals surface area contributed by atoms with Crippen molar-refractivity contribution in [3.8, 4) is 11.5 Å². The molecule has 0 bridgehead atoms. The molecule has 0 saturated carbocycles. The zero-order valence-corrected chi connectivity index (χ0v) is 14.5. The number of nitrogens with one attached hydrogen (secondary N) is 1. The molecule has 4 nitrogen and oxygen atoms in total. The van der Waals surface area contributed by atoms with E-state index in [1.54, 1.807) is 0 Å². The average Bonchev–Trinajstić information content (AvgIpc) is 3.16. The molecular weight excluding hydrogens is 346 g/mol. The van der Waals surface area contributed by atoms with E-state index in [2.05, 4.69) is 5.32 Å². The number of fused-ring (bicyclic) bond motifs is 2. The van der Waals surface area contributed by atoms with Crippen LogP contribution in [0.5, 0.6) is 11.5 Å². The van der Waals surface area contributed by atoms with Crippen molar-refractivity contribution in [1.29, 1.82) is 0 Å². The summed E-state index contributed by atoms with van der Waals surface area (Å²) in [6.07, 6.45) is 0. The first-order chi connectivity index (χ1) is 11.6. The first-order valence-electron chi connectivity index (χ1n) is 7.47. The van der Waals surface area contributed by atoms with Gasteiger partial charge in [0.2, 0.25) is 6.79 Å². The van der Waals surface area contributed by atoms with E-state index in [0.29, 0.717) is 22.2 Å². The second-order valence-electron chi connectivity index (χ2n) is 5.62. The highest BCUT2D eigenvalue weighted by Crippen LogP contribution is 2.36. The molecule has 1 aliphatic rings. The Morgan fingerprint density at radius 1 is 1.21 bits per heavy atom. The van der Waals surface area contributed by atoms with Gasteiger partial charge in [-0.3, -0.25) is 4.79 Å². The van der Waals surface area contributed by atoms with E-state index in [1.165, 1.54) is 11.3 Å². The molecule has 4 rings (SSSR count). The predicted octanol–water partition coefficient (Wildman–Crippen LogP) is 4.52. The largest absolute Gasteiger partial charge is 0.454 e. The minimum atomic E-state index is -0.170. The van der Waals surface area contributed by atoms with E-state index >= 15 is 0 Å². The van der Waals surface area contributed by atoms with Crippen molar-refractivity contribution in [2.45, 2.75) is 13.5 Å². The fourth-order valence-electron chi connectivity index (χ4n) is 2.63. The second-order valence-corrected chi connectivity index (χ2v) is 7.05. The maximum atomic E-state index is 12.5. The van der Waals surface area contributed by atoms with E-state index in [-0.39, 0.29) is 12.7 Å². The molecule has 0 aliphatic carbocycles. The molecule has 0 atom stereocenters. The molecule has 122 valence electrons. The van der Waals surface area contributed by atoms with E-state index < -0.39 is 0 Å². The van der Waals surface area contributed by atoms with Crippen LogP contribution in [0.2, 0.25) is 5.02 Å². The molecule has 0 spiro atoms. The lowest BCUT2D eigenvalue weighted by atomic mass is 10.2. The van der Waals surface area contributed by atoms with Gasteiger partial charge >= 0.3 is 0 Å². The lowest BCUT2D eigenvalue weighted by Crippen LogP contribution is -2.22. The third-order valence-electron chi connectivity index (χ3n) is 3.88. The molecule has 0 unspecified atom stereocenters. The normalized spacial score (nSPS) is 12.6. The summed E-state index contributed by atoms with van der Waals surface area (Å²) >= 11 is 7.79. The summed E-state index contributed by atoms with van der Waals surface area (Å²) in [5.41, 5.74) is 2.09. The van der Waals surface area contributed by atoms with Crippen molar-refractivity contribution >= 4 is 38.9 Å². The van der Waals surface area contributed by atoms with Crippen LogP contribution in [-0.4, -0.2) is 12.7 Å². The Kier molecular flexibility index (Phi) is 3.82. The predicted molar refractivity (Wildman–Crippen MR) is 95.3 cm³/mol. The Morgan fingerprint density at radius 3 is 2.92 bits per heavy atom. The smallest absolute Gasteiger partial charge is 0.263 e. The first kappa shape index (κ1) is 15.3. The standard InChI is InChI=1S/C18H14ClNO3S/c1-10-2-4-12-15(6-10)24-17(16(12)19)18(21)20-8-11-3-5-13-14(7-11)23-9-22-13/h2-7H,8-9H2,1H3,(H,20,21). The number of benzene rings is 2. The Morgan fingerprint density at radius 2 is 2.04 bits per heavy atom. The summed E-state index contributed by atoms with van der Waals surface area (Å²) in [4.78, 5) is 13.0. The molecule has 1 aliphatic heterocycles. The Hall–Kier alpha value is -2.24. The summed E-state index contributed by atoms with van der Waals surface area (Å²) in [6, 6.07) is 11.6. The topological polar surface area (TPSA) is 47.6 Å². The van der Waals surface area contributed by atoms with Crippen LogP contribution in [0, 0.1) is 6.92 Å². The first-order valence-corrected chi connectivity index (χ1v) is 8.66. The zero-order chi connectivity index (χ0) is 16.7. The molecule has 0 saturated heterocycles. The number of thiophene rings is 1. The van der Waals surface area contributed by atoms with E-state index in [4.69, 9.17) is 21.1 Å². The van der Waals surface area contributed by atoms with Gasteiger partial charge in [-0.05, 0) is 36.2 Å². The minimum absolute atomic E-state index is 0.170. The molecule has 1 N–H and O–H groups in total. The lowest BCUT2D eigenvalue weighted by molar-refractivity contribution is 0.0955. The molecule has 1 amide bonds. The van der Waals surface area contributed by atoms with Crippen molar-refractivity contribution in [1.82, 2.24) is 5.32 Å². The van der Waals surface area contributed by atoms with Crippen LogP contribution in [0.4, 0.5) is 0 Å². The number of aryl methyl sites for hydroxylation is 1. The van der Waals surface area contributed by atoms with Gasteiger partial charge in [0.1, 0.15) is 4.88 Å². The highest BCUT2D eigenvalue weighted by atomic mass is 35.5. The molecule has 1 aromatic heterocycles. The van der Waals surface area contributed by atoms with Crippen LogP contribution in [0.25, 0.3) is 10.1 Å². The highest BCUT2D eigenvalue weighted by molar-refractivity contribution is 7.21. The van der Waals surface area contributed by atoms with Crippen LogP contribution in [0.15, 0.2) is 36.4 Å². The minimum Gasteiger partial charge on any atom is -0.454 e. The fraction of sp³-hybridized carbons (Fsp3) is 0.167. The molecule has 2 heterocycles. The van der Waals surface area contributed by atoms with Gasteiger partial charge in [-0.25, -0.2) is 0 Å². The van der Waals surface area contributed by atoms with Crippen molar-refractivity contribution in [2.75, 3.05) is 6.79 Å². The molecule has 0 fully saturated rings. The third kappa shape index (κ3) is 2.70. The second kappa shape index (κ2) is 6.00. The molecule has 0 radical (unpaired) electrons. The highest BCUT2D eigenvalue weighted by Gasteiger charge is 2.18. The number of amides is 1. The Bertz CT molecular complexity index is 951. The number of hydrogen-bond donors (Lipinski definition) is 1. The van der Waals surface area contributed by atoms with Crippen molar-refractivity contribution in [3.63, 3.8) is 0 Å². The third-order valence-corrected chi connectivity index (χ3v) is 5.54. The quantitative estimate of drug-likeness (QED) is 0.747. The van der Waals surface area contributed by atoms with Crippen molar-refractivity contribution < 1.29 is 14.3 Å². The number of rotatable bonds is 3. The maximum absolute atomic E-state index is 12.5. The summed E-state index contributed by atoms with van der Waals surface area (Å²) in [6.45, 7) is 2.66. The van der Waals surface area contributed by atoms with Crippen LogP contribution in [-0.2, 0) is 6.54 Å². The summed E-state index contributed by atoms with van der Waals surface area (Å²) in [5, 5.41) is 4.34. The molecule has 2 aromatic carbocycles. The van der Waals surface area contributed by atoms with Gasteiger partial charge in [-0.1, -0.05) is 29.8 Å². The van der Waals surface area contributed by atoms with E-state index in [0.717, 1.165) is 27.0 Å². The summed E-state index contributed by atoms with van der Waals surface area (Å²) in [5.74, 6) is 1.27. The Labute approximate surface area is 148 Å². The fourth-order valence-corrected chi connectivity index (χ4v) is 4.16. The summed E-state index contributed by atoms with van der Waals surface area (Å²) < 4.78 is 11.7. The number of carbonyl (C=O) groups excluding carboxylic acids is 1. The van der Waals surface area contributed by atoms with Gasteiger partial charge < -0.3 is 14.8 Å². The number of carbonyl (C=O) groups is 1. The van der Waals surface area contributed by atoms with Gasteiger partial charge in [0.25, 0.3) is 5.91 Å². The van der Waals surface area contributed by atoms with Gasteiger partial charge in [0.15, 0.2) is 11.5 Å². The zero-order valence-electron chi connectivity index (χ0n) is 12.9. The van der Waals surface area contributed by atoms with Gasteiger partial charge in [-0.2, -0.15) is 0 Å². The van der Waals surface area contributed by atoms with Crippen molar-refractivity contribution in [2.24, 2.45) is 0 Å². The average molecular weight is 360 g/mol. The van der Waals surface area contributed by atoms with Gasteiger partial charge in [-0.15, -0.1) is 11.3 Å². The van der Waals surface area contributed by atoms with Crippen molar-refractivity contribution in [3.05, 3.63) is 57.4 Å². The number of ether oxygens (including phenoxy) is 2.